The zero-order valence-corrected chi connectivity index (χ0v) is 17.2. The molecule has 1 unspecified atom stereocenters. The van der Waals surface area contributed by atoms with Gasteiger partial charge in [-0.3, -0.25) is 4.79 Å². The number of carbonyl (C=O) groups excluding carboxylic acids is 2. The third-order valence-electron chi connectivity index (χ3n) is 5.03. The van der Waals surface area contributed by atoms with E-state index in [2.05, 4.69) is 18.3 Å². The van der Waals surface area contributed by atoms with Crippen molar-refractivity contribution in [3.63, 3.8) is 0 Å². The highest BCUT2D eigenvalue weighted by molar-refractivity contribution is 7.16. The Labute approximate surface area is 177 Å². The van der Waals surface area contributed by atoms with Gasteiger partial charge in [-0.05, 0) is 54.5 Å². The fraction of sp³-hybridized carbons (Fsp3) is 0.318. The first-order valence-electron chi connectivity index (χ1n) is 9.62. The molecular weight excluding hydrogens is 404 g/mol. The first-order chi connectivity index (χ1) is 14.5. The number of fused-ring (bicyclic) bond motifs is 2. The lowest BCUT2D eigenvalue weighted by Crippen LogP contribution is -2.20. The van der Waals surface area contributed by atoms with Gasteiger partial charge in [0.05, 0.1) is 5.56 Å². The van der Waals surface area contributed by atoms with Crippen molar-refractivity contribution in [1.82, 2.24) is 0 Å². The molecule has 0 fully saturated rings. The molecule has 1 aromatic carbocycles. The Hall–Kier alpha value is -3.31. The monoisotopic (exact) mass is 424 g/mol. The van der Waals surface area contributed by atoms with Crippen molar-refractivity contribution in [2.45, 2.75) is 26.2 Å². The van der Waals surface area contributed by atoms with Crippen molar-refractivity contribution in [1.29, 1.82) is 5.26 Å². The molecule has 2 aromatic rings. The van der Waals surface area contributed by atoms with Crippen LogP contribution in [0.3, 0.4) is 0 Å². The average Bonchev–Trinajstić information content (AvgIpc) is 3.33. The Morgan fingerprint density at radius 3 is 3.03 bits per heavy atom. The van der Waals surface area contributed by atoms with E-state index in [0.29, 0.717) is 28.0 Å². The Morgan fingerprint density at radius 1 is 1.37 bits per heavy atom. The van der Waals surface area contributed by atoms with Crippen molar-refractivity contribution in [3.05, 3.63) is 45.8 Å². The summed E-state index contributed by atoms with van der Waals surface area (Å²) in [6.07, 6.45) is 5.63. The summed E-state index contributed by atoms with van der Waals surface area (Å²) in [7, 11) is 0. The van der Waals surface area contributed by atoms with Gasteiger partial charge in [-0.2, -0.15) is 5.26 Å². The van der Waals surface area contributed by atoms with Crippen LogP contribution in [-0.4, -0.2) is 25.3 Å². The molecule has 0 radical (unpaired) electrons. The van der Waals surface area contributed by atoms with Crippen molar-refractivity contribution < 1.29 is 23.8 Å². The van der Waals surface area contributed by atoms with Crippen molar-refractivity contribution in [2.75, 3.05) is 18.7 Å². The summed E-state index contributed by atoms with van der Waals surface area (Å²) in [6.45, 7) is 1.94. The quantitative estimate of drug-likeness (QED) is 0.581. The number of esters is 1. The van der Waals surface area contributed by atoms with Crippen LogP contribution in [0.4, 0.5) is 5.00 Å². The maximum absolute atomic E-state index is 12.2. The molecule has 0 saturated heterocycles. The number of anilines is 1. The number of amides is 1. The van der Waals surface area contributed by atoms with E-state index in [1.807, 2.05) is 0 Å². The molecule has 1 amide bonds. The van der Waals surface area contributed by atoms with Gasteiger partial charge < -0.3 is 19.5 Å². The molecule has 154 valence electrons. The summed E-state index contributed by atoms with van der Waals surface area (Å²) >= 11 is 1.44. The molecule has 1 aliphatic carbocycles. The van der Waals surface area contributed by atoms with Crippen LogP contribution in [0.25, 0.3) is 6.08 Å². The number of hydrogen-bond acceptors (Lipinski definition) is 7. The lowest BCUT2D eigenvalue weighted by molar-refractivity contribution is -0.142. The smallest absolute Gasteiger partial charge is 0.331 e. The van der Waals surface area contributed by atoms with Crippen LogP contribution in [0.15, 0.2) is 24.3 Å². The van der Waals surface area contributed by atoms with E-state index in [-0.39, 0.29) is 6.79 Å². The molecule has 2 aliphatic rings. The second kappa shape index (κ2) is 8.59. The third-order valence-corrected chi connectivity index (χ3v) is 6.20. The molecule has 0 bridgehead atoms. The Balaban J connectivity index is 1.32. The number of rotatable bonds is 5. The van der Waals surface area contributed by atoms with Crippen LogP contribution in [0, 0.1) is 17.2 Å². The molecule has 2 heterocycles. The van der Waals surface area contributed by atoms with Crippen LogP contribution in [0.5, 0.6) is 11.5 Å². The van der Waals surface area contributed by atoms with E-state index in [4.69, 9.17) is 14.2 Å². The van der Waals surface area contributed by atoms with Gasteiger partial charge in [-0.1, -0.05) is 13.0 Å². The number of nitrogens with zero attached hydrogens (tertiary/aromatic N) is 1. The molecule has 0 spiro atoms. The van der Waals surface area contributed by atoms with E-state index < -0.39 is 18.5 Å². The van der Waals surface area contributed by atoms with Gasteiger partial charge in [-0.15, -0.1) is 11.3 Å². The molecule has 1 aliphatic heterocycles. The standard InChI is InChI=1S/C22H20N2O5S/c1-13-2-5-15-16(10-23)22(30-19(15)8-13)24-20(25)11-27-21(26)7-4-14-3-6-17-18(9-14)29-12-28-17/h3-4,6-7,9,13H,2,5,8,11-12H2,1H3,(H,24,25). The van der Waals surface area contributed by atoms with E-state index >= 15 is 0 Å². The molecule has 4 rings (SSSR count). The molecule has 0 saturated carbocycles. The highest BCUT2D eigenvalue weighted by atomic mass is 32.1. The van der Waals surface area contributed by atoms with Crippen LogP contribution < -0.4 is 14.8 Å². The summed E-state index contributed by atoms with van der Waals surface area (Å²) in [4.78, 5) is 25.3. The average molecular weight is 424 g/mol. The summed E-state index contributed by atoms with van der Waals surface area (Å²) in [5.41, 5.74) is 2.32. The topological polar surface area (TPSA) is 97.7 Å². The lowest BCUT2D eigenvalue weighted by atomic mass is 9.89. The predicted molar refractivity (Wildman–Crippen MR) is 111 cm³/mol. The Kier molecular flexibility index (Phi) is 5.72. The van der Waals surface area contributed by atoms with Gasteiger partial charge in [0.15, 0.2) is 18.1 Å². The maximum atomic E-state index is 12.2. The largest absolute Gasteiger partial charge is 0.454 e. The maximum Gasteiger partial charge on any atom is 0.331 e. The van der Waals surface area contributed by atoms with Crippen LogP contribution in [0.1, 0.15) is 34.9 Å². The van der Waals surface area contributed by atoms with Crippen molar-refractivity contribution in [2.24, 2.45) is 5.92 Å². The van der Waals surface area contributed by atoms with Gasteiger partial charge >= 0.3 is 5.97 Å². The zero-order chi connectivity index (χ0) is 21.1. The number of nitriles is 1. The normalized spacial score (nSPS) is 16.7. The number of thiophene rings is 1. The molecular formula is C22H20N2O5S. The second-order valence-electron chi connectivity index (χ2n) is 7.27. The summed E-state index contributed by atoms with van der Waals surface area (Å²) in [6, 6.07) is 7.50. The molecule has 1 atom stereocenters. The van der Waals surface area contributed by atoms with E-state index in [0.717, 1.165) is 35.3 Å². The minimum atomic E-state index is -0.636. The Morgan fingerprint density at radius 2 is 2.20 bits per heavy atom. The van der Waals surface area contributed by atoms with Crippen LogP contribution in [-0.2, 0) is 27.2 Å². The lowest BCUT2D eigenvalue weighted by Gasteiger charge is -2.17. The van der Waals surface area contributed by atoms with Gasteiger partial charge in [0.25, 0.3) is 5.91 Å². The van der Waals surface area contributed by atoms with E-state index in [1.165, 1.54) is 17.4 Å². The fourth-order valence-corrected chi connectivity index (χ4v) is 4.86. The van der Waals surface area contributed by atoms with Gasteiger partial charge in [0, 0.05) is 11.0 Å². The first kappa shape index (κ1) is 20.0. The minimum absolute atomic E-state index is 0.180. The van der Waals surface area contributed by atoms with Gasteiger partial charge in [-0.25, -0.2) is 4.79 Å². The number of carbonyl (C=O) groups is 2. The zero-order valence-electron chi connectivity index (χ0n) is 16.4. The van der Waals surface area contributed by atoms with E-state index in [9.17, 15) is 14.9 Å². The molecule has 1 aromatic heterocycles. The predicted octanol–water partition coefficient (Wildman–Crippen LogP) is 3.67. The van der Waals surface area contributed by atoms with Gasteiger partial charge in [0.1, 0.15) is 11.1 Å². The fourth-order valence-electron chi connectivity index (χ4n) is 3.49. The summed E-state index contributed by atoms with van der Waals surface area (Å²) in [5.74, 6) is 0.744. The second-order valence-corrected chi connectivity index (χ2v) is 8.37. The molecule has 8 heteroatoms. The SMILES string of the molecule is CC1CCc2c(sc(NC(=O)COC(=O)C=Cc3ccc4c(c3)OCO4)c2C#N)C1. The van der Waals surface area contributed by atoms with Crippen molar-refractivity contribution >= 4 is 34.3 Å². The molecule has 1 N–H and O–H groups in total. The van der Waals surface area contributed by atoms with Crippen LogP contribution >= 0.6 is 11.3 Å². The minimum Gasteiger partial charge on any atom is -0.454 e. The highest BCUT2D eigenvalue weighted by Crippen LogP contribution is 2.39. The third kappa shape index (κ3) is 4.31. The Bertz CT molecular complexity index is 1070. The first-order valence-corrected chi connectivity index (χ1v) is 10.4. The summed E-state index contributed by atoms with van der Waals surface area (Å²) < 4.78 is 15.5. The summed E-state index contributed by atoms with van der Waals surface area (Å²) in [5, 5.41) is 12.7. The van der Waals surface area contributed by atoms with Crippen LogP contribution in [0.2, 0.25) is 0 Å². The number of nitrogens with one attached hydrogen (secondary N) is 1. The highest BCUT2D eigenvalue weighted by Gasteiger charge is 2.24. The number of ether oxygens (including phenoxy) is 3. The number of hydrogen-bond donors (Lipinski definition) is 1. The molecule has 30 heavy (non-hydrogen) atoms. The van der Waals surface area contributed by atoms with Crippen molar-refractivity contribution in [3.8, 4) is 17.6 Å². The number of benzene rings is 1. The molecule has 7 nitrogen and oxygen atoms in total. The van der Waals surface area contributed by atoms with E-state index in [1.54, 1.807) is 24.3 Å². The van der Waals surface area contributed by atoms with Gasteiger partial charge in [0.2, 0.25) is 6.79 Å².